The van der Waals surface area contributed by atoms with Crippen molar-refractivity contribution in [2.75, 3.05) is 0 Å². The number of halogens is 2. The van der Waals surface area contributed by atoms with Gasteiger partial charge < -0.3 is 5.73 Å². The summed E-state index contributed by atoms with van der Waals surface area (Å²) in [5, 5.41) is 0. The maximum Gasteiger partial charge on any atom is 0.0266 e. The van der Waals surface area contributed by atoms with E-state index in [9.17, 15) is 0 Å². The Morgan fingerprint density at radius 3 is 2.00 bits per heavy atom. The second-order valence-electron chi connectivity index (χ2n) is 2.90. The molecule has 1 aromatic carbocycles. The SMILES string of the molecule is Cc1c(Br)cc([C@@H](C)N)cc1Br. The molecule has 0 heterocycles. The molecular formula is C9H11Br2N. The van der Waals surface area contributed by atoms with Gasteiger partial charge in [-0.1, -0.05) is 31.9 Å². The predicted octanol–water partition coefficient (Wildman–Crippen LogP) is 3.54. The number of hydrogen-bond donors (Lipinski definition) is 1. The summed E-state index contributed by atoms with van der Waals surface area (Å²) in [6.07, 6.45) is 0. The molecule has 0 aliphatic rings. The van der Waals surface area contributed by atoms with Crippen LogP contribution in [0, 0.1) is 6.92 Å². The smallest absolute Gasteiger partial charge is 0.0266 e. The first-order valence-corrected chi connectivity index (χ1v) is 5.32. The first-order valence-electron chi connectivity index (χ1n) is 3.73. The van der Waals surface area contributed by atoms with Gasteiger partial charge in [-0.3, -0.25) is 0 Å². The highest BCUT2D eigenvalue weighted by atomic mass is 79.9. The molecule has 0 saturated heterocycles. The lowest BCUT2D eigenvalue weighted by Crippen LogP contribution is -2.05. The Labute approximate surface area is 89.6 Å². The van der Waals surface area contributed by atoms with Gasteiger partial charge in [-0.05, 0) is 37.1 Å². The normalized spacial score (nSPS) is 13.1. The molecule has 0 spiro atoms. The van der Waals surface area contributed by atoms with Gasteiger partial charge in [0, 0.05) is 15.0 Å². The minimum Gasteiger partial charge on any atom is -0.324 e. The second-order valence-corrected chi connectivity index (χ2v) is 4.61. The van der Waals surface area contributed by atoms with Crippen molar-refractivity contribution in [2.45, 2.75) is 19.9 Å². The first kappa shape index (κ1) is 10.2. The third kappa shape index (κ3) is 2.09. The molecule has 1 atom stereocenters. The van der Waals surface area contributed by atoms with E-state index in [1.54, 1.807) is 0 Å². The summed E-state index contributed by atoms with van der Waals surface area (Å²) in [6.45, 7) is 4.03. The molecule has 1 nitrogen and oxygen atoms in total. The average molecular weight is 293 g/mol. The summed E-state index contributed by atoms with van der Waals surface area (Å²) in [4.78, 5) is 0. The fraction of sp³-hybridized carbons (Fsp3) is 0.333. The molecule has 0 radical (unpaired) electrons. The molecule has 2 N–H and O–H groups in total. The number of benzene rings is 1. The number of rotatable bonds is 1. The Bertz CT molecular complexity index is 272. The van der Waals surface area contributed by atoms with Gasteiger partial charge in [-0.2, -0.15) is 0 Å². The van der Waals surface area contributed by atoms with E-state index in [2.05, 4.69) is 50.9 Å². The molecule has 0 amide bonds. The van der Waals surface area contributed by atoms with E-state index in [1.807, 2.05) is 6.92 Å². The molecule has 0 unspecified atom stereocenters. The zero-order chi connectivity index (χ0) is 9.30. The topological polar surface area (TPSA) is 26.0 Å². The van der Waals surface area contributed by atoms with Crippen LogP contribution in [0.1, 0.15) is 24.1 Å². The van der Waals surface area contributed by atoms with E-state index in [0.717, 1.165) is 14.5 Å². The summed E-state index contributed by atoms with van der Waals surface area (Å²) in [5.41, 5.74) is 8.11. The molecule has 12 heavy (non-hydrogen) atoms. The summed E-state index contributed by atoms with van der Waals surface area (Å²) >= 11 is 6.96. The van der Waals surface area contributed by atoms with Gasteiger partial charge in [0.05, 0.1) is 0 Å². The van der Waals surface area contributed by atoms with Crippen LogP contribution < -0.4 is 5.73 Å². The highest BCUT2D eigenvalue weighted by Gasteiger charge is 2.05. The summed E-state index contributed by atoms with van der Waals surface area (Å²) in [5.74, 6) is 0. The van der Waals surface area contributed by atoms with Crippen LogP contribution >= 0.6 is 31.9 Å². The van der Waals surface area contributed by atoms with Crippen molar-refractivity contribution >= 4 is 31.9 Å². The standard InChI is InChI=1S/C9H11Br2N/c1-5-8(10)3-7(6(2)12)4-9(5)11/h3-4,6H,12H2,1-2H3/t6-/m1/s1. The average Bonchev–Trinajstić information content (AvgIpc) is 1.99. The molecule has 0 aromatic heterocycles. The Morgan fingerprint density at radius 1 is 1.25 bits per heavy atom. The lowest BCUT2D eigenvalue weighted by atomic mass is 10.1. The Morgan fingerprint density at radius 2 is 1.67 bits per heavy atom. The van der Waals surface area contributed by atoms with E-state index < -0.39 is 0 Å². The minimum absolute atomic E-state index is 0.0817. The summed E-state index contributed by atoms with van der Waals surface area (Å²) in [7, 11) is 0. The molecule has 1 rings (SSSR count). The van der Waals surface area contributed by atoms with Crippen molar-refractivity contribution in [1.82, 2.24) is 0 Å². The maximum absolute atomic E-state index is 5.76. The van der Waals surface area contributed by atoms with E-state index >= 15 is 0 Å². The van der Waals surface area contributed by atoms with Crippen molar-refractivity contribution in [3.63, 3.8) is 0 Å². The molecule has 66 valence electrons. The molecular weight excluding hydrogens is 282 g/mol. The predicted molar refractivity (Wildman–Crippen MR) is 59.2 cm³/mol. The highest BCUT2D eigenvalue weighted by Crippen LogP contribution is 2.28. The molecule has 1 aromatic rings. The van der Waals surface area contributed by atoms with Crippen LogP contribution in [0.25, 0.3) is 0 Å². The third-order valence-electron chi connectivity index (χ3n) is 1.83. The largest absolute Gasteiger partial charge is 0.324 e. The van der Waals surface area contributed by atoms with Gasteiger partial charge in [0.25, 0.3) is 0 Å². The van der Waals surface area contributed by atoms with Crippen LogP contribution in [0.3, 0.4) is 0 Å². The summed E-state index contributed by atoms with van der Waals surface area (Å²) < 4.78 is 2.20. The van der Waals surface area contributed by atoms with Crippen LogP contribution in [0.5, 0.6) is 0 Å². The van der Waals surface area contributed by atoms with Crippen LogP contribution in [-0.2, 0) is 0 Å². The van der Waals surface area contributed by atoms with Crippen molar-refractivity contribution in [2.24, 2.45) is 5.73 Å². The monoisotopic (exact) mass is 291 g/mol. The number of nitrogens with two attached hydrogens (primary N) is 1. The highest BCUT2D eigenvalue weighted by molar-refractivity contribution is 9.11. The van der Waals surface area contributed by atoms with Crippen molar-refractivity contribution < 1.29 is 0 Å². The first-order chi connectivity index (χ1) is 5.52. The summed E-state index contributed by atoms with van der Waals surface area (Å²) in [6, 6.07) is 4.20. The Balaban J connectivity index is 3.21. The quantitative estimate of drug-likeness (QED) is 0.842. The zero-order valence-corrected chi connectivity index (χ0v) is 10.2. The fourth-order valence-corrected chi connectivity index (χ4v) is 2.15. The zero-order valence-electron chi connectivity index (χ0n) is 7.07. The van der Waals surface area contributed by atoms with E-state index in [0.29, 0.717) is 0 Å². The Hall–Kier alpha value is 0.140. The van der Waals surface area contributed by atoms with Gasteiger partial charge in [0.15, 0.2) is 0 Å². The van der Waals surface area contributed by atoms with E-state index in [-0.39, 0.29) is 6.04 Å². The number of hydrogen-bond acceptors (Lipinski definition) is 1. The minimum atomic E-state index is 0.0817. The van der Waals surface area contributed by atoms with Gasteiger partial charge in [-0.15, -0.1) is 0 Å². The van der Waals surface area contributed by atoms with Crippen molar-refractivity contribution in [1.29, 1.82) is 0 Å². The van der Waals surface area contributed by atoms with Crippen molar-refractivity contribution in [3.05, 3.63) is 32.2 Å². The lowest BCUT2D eigenvalue weighted by Gasteiger charge is -2.09. The van der Waals surface area contributed by atoms with Gasteiger partial charge in [-0.25, -0.2) is 0 Å². The lowest BCUT2D eigenvalue weighted by molar-refractivity contribution is 0.816. The van der Waals surface area contributed by atoms with Gasteiger partial charge in [0.2, 0.25) is 0 Å². The molecule has 0 saturated carbocycles. The third-order valence-corrected chi connectivity index (χ3v) is 3.48. The molecule has 0 aliphatic carbocycles. The van der Waals surface area contributed by atoms with Gasteiger partial charge in [0.1, 0.15) is 0 Å². The van der Waals surface area contributed by atoms with Crippen LogP contribution in [0.4, 0.5) is 0 Å². The fourth-order valence-electron chi connectivity index (χ4n) is 0.928. The van der Waals surface area contributed by atoms with Gasteiger partial charge >= 0.3 is 0 Å². The molecule has 0 aliphatic heterocycles. The molecule has 3 heteroatoms. The van der Waals surface area contributed by atoms with Crippen LogP contribution in [0.15, 0.2) is 21.1 Å². The maximum atomic E-state index is 5.76. The van der Waals surface area contributed by atoms with Crippen molar-refractivity contribution in [3.8, 4) is 0 Å². The van der Waals surface area contributed by atoms with Crippen LogP contribution in [0.2, 0.25) is 0 Å². The van der Waals surface area contributed by atoms with E-state index in [1.165, 1.54) is 5.56 Å². The molecule has 0 bridgehead atoms. The Kier molecular flexibility index (Phi) is 3.32. The van der Waals surface area contributed by atoms with Crippen LogP contribution in [-0.4, -0.2) is 0 Å². The molecule has 0 fully saturated rings. The second kappa shape index (κ2) is 3.90. The van der Waals surface area contributed by atoms with E-state index in [4.69, 9.17) is 5.73 Å².